The normalized spacial score (nSPS) is 13.6. The smallest absolute Gasteiger partial charge is 0.343 e. The van der Waals surface area contributed by atoms with Crippen LogP contribution >= 0.6 is 0 Å². The van der Waals surface area contributed by atoms with Crippen LogP contribution in [0.25, 0.3) is 5.65 Å². The number of fused-ring (bicyclic) bond motifs is 2. The van der Waals surface area contributed by atoms with E-state index in [0.717, 1.165) is 42.1 Å². The van der Waals surface area contributed by atoms with Gasteiger partial charge in [0.05, 0.1) is 12.8 Å². The maximum Gasteiger partial charge on any atom is 0.343 e. The number of imidazole rings is 1. The van der Waals surface area contributed by atoms with Gasteiger partial charge in [0.15, 0.2) is 5.65 Å². The van der Waals surface area contributed by atoms with Crippen molar-refractivity contribution in [1.82, 2.24) is 9.38 Å². The fourth-order valence-corrected chi connectivity index (χ4v) is 3.86. The van der Waals surface area contributed by atoms with Gasteiger partial charge in [0.1, 0.15) is 11.4 Å². The second-order valence-corrected chi connectivity index (χ2v) is 6.62. The Morgan fingerprint density at radius 1 is 1.23 bits per heavy atom. The number of methoxy groups -OCH3 is 1. The number of hydrogen-bond acceptors (Lipinski definition) is 5. The van der Waals surface area contributed by atoms with E-state index in [2.05, 4.69) is 26.9 Å². The fraction of sp³-hybridized carbons (Fsp3) is 0.300. The lowest BCUT2D eigenvalue weighted by Crippen LogP contribution is -2.30. The molecule has 3 heterocycles. The molecule has 3 aromatic rings. The Bertz CT molecular complexity index is 963. The summed E-state index contributed by atoms with van der Waals surface area (Å²) in [6, 6.07) is 10.2. The first kappa shape index (κ1) is 16.4. The number of carbonyl (C=O) groups is 1. The highest BCUT2D eigenvalue weighted by molar-refractivity contribution is 6.05. The summed E-state index contributed by atoms with van der Waals surface area (Å²) in [5, 5.41) is 0. The highest BCUT2D eigenvalue weighted by Crippen LogP contribution is 2.42. The molecule has 0 atom stereocenters. The van der Waals surface area contributed by atoms with E-state index in [1.165, 1.54) is 7.11 Å². The molecule has 134 valence electrons. The van der Waals surface area contributed by atoms with Gasteiger partial charge in [0.25, 0.3) is 0 Å². The first-order chi connectivity index (χ1) is 12.6. The molecule has 6 nitrogen and oxygen atoms in total. The van der Waals surface area contributed by atoms with Crippen molar-refractivity contribution in [1.29, 1.82) is 0 Å². The predicted molar refractivity (Wildman–Crippen MR) is 103 cm³/mol. The number of benzene rings is 1. The molecule has 0 bridgehead atoms. The van der Waals surface area contributed by atoms with Crippen LogP contribution < -0.4 is 9.80 Å². The molecule has 4 rings (SSSR count). The molecule has 0 saturated heterocycles. The van der Waals surface area contributed by atoms with E-state index in [1.807, 2.05) is 42.9 Å². The highest BCUT2D eigenvalue weighted by Gasteiger charge is 2.32. The van der Waals surface area contributed by atoms with Gasteiger partial charge in [-0.3, -0.25) is 4.40 Å². The summed E-state index contributed by atoms with van der Waals surface area (Å²) in [6.07, 6.45) is 5.56. The molecular weight excluding hydrogens is 328 g/mol. The van der Waals surface area contributed by atoms with Gasteiger partial charge in [0.2, 0.25) is 0 Å². The van der Waals surface area contributed by atoms with Gasteiger partial charge in [-0.15, -0.1) is 0 Å². The molecule has 6 heteroatoms. The van der Waals surface area contributed by atoms with Crippen LogP contribution in [0.3, 0.4) is 0 Å². The molecule has 0 aliphatic carbocycles. The van der Waals surface area contributed by atoms with Crippen molar-refractivity contribution in [2.24, 2.45) is 0 Å². The molecule has 0 fully saturated rings. The molecule has 0 unspecified atom stereocenters. The quantitative estimate of drug-likeness (QED) is 0.679. The number of nitrogens with zero attached hydrogens (tertiary/aromatic N) is 4. The first-order valence-electron chi connectivity index (χ1n) is 8.73. The number of carbonyl (C=O) groups excluding carboxylic acids is 1. The van der Waals surface area contributed by atoms with Gasteiger partial charge in [0, 0.05) is 44.3 Å². The van der Waals surface area contributed by atoms with Crippen LogP contribution in [-0.2, 0) is 11.2 Å². The molecular formula is C20H22N4O2. The summed E-state index contributed by atoms with van der Waals surface area (Å²) < 4.78 is 7.12. The second kappa shape index (κ2) is 6.37. The largest absolute Gasteiger partial charge is 0.465 e. The second-order valence-electron chi connectivity index (χ2n) is 6.62. The number of pyridine rings is 1. The van der Waals surface area contributed by atoms with Crippen LogP contribution in [0.4, 0.5) is 17.2 Å². The third-order valence-corrected chi connectivity index (χ3v) is 4.84. The zero-order chi connectivity index (χ0) is 18.3. The molecule has 0 N–H and O–H groups in total. The number of ether oxygens (including phenoxy) is 1. The Kier molecular flexibility index (Phi) is 4.03. The van der Waals surface area contributed by atoms with E-state index in [9.17, 15) is 4.79 Å². The standard InChI is InChI=1S/C20H22N4O2/c1-22(2)19-15-10-7-12-23(14-8-5-4-6-9-14)17(15)16(20(25)26-3)18-21-11-13-24(18)19/h4-6,8-9,11,13H,7,10,12H2,1-3H3. The molecule has 2 aromatic heterocycles. The summed E-state index contributed by atoms with van der Waals surface area (Å²) in [7, 11) is 5.46. The van der Waals surface area contributed by atoms with Gasteiger partial charge < -0.3 is 14.5 Å². The molecule has 0 amide bonds. The lowest BCUT2D eigenvalue weighted by Gasteiger charge is -2.35. The number of hydrogen-bond donors (Lipinski definition) is 0. The molecule has 1 aliphatic heterocycles. The molecule has 1 aromatic carbocycles. The Labute approximate surface area is 152 Å². The minimum atomic E-state index is -0.356. The van der Waals surface area contributed by atoms with Crippen molar-refractivity contribution in [2.75, 3.05) is 37.5 Å². The van der Waals surface area contributed by atoms with Gasteiger partial charge in [-0.2, -0.15) is 0 Å². The summed E-state index contributed by atoms with van der Waals surface area (Å²) >= 11 is 0. The lowest BCUT2D eigenvalue weighted by molar-refractivity contribution is 0.0603. The summed E-state index contributed by atoms with van der Waals surface area (Å²) in [4.78, 5) is 21.5. The minimum absolute atomic E-state index is 0.356. The van der Waals surface area contributed by atoms with Crippen LogP contribution in [0.2, 0.25) is 0 Å². The highest BCUT2D eigenvalue weighted by atomic mass is 16.5. The van der Waals surface area contributed by atoms with Crippen molar-refractivity contribution in [3.63, 3.8) is 0 Å². The van der Waals surface area contributed by atoms with Gasteiger partial charge in [-0.05, 0) is 25.0 Å². The van der Waals surface area contributed by atoms with E-state index in [-0.39, 0.29) is 5.97 Å². The van der Waals surface area contributed by atoms with Crippen molar-refractivity contribution in [3.05, 3.63) is 53.9 Å². The van der Waals surface area contributed by atoms with Crippen LogP contribution in [0.1, 0.15) is 22.3 Å². The van der Waals surface area contributed by atoms with Gasteiger partial charge >= 0.3 is 5.97 Å². The van der Waals surface area contributed by atoms with E-state index in [0.29, 0.717) is 11.2 Å². The van der Waals surface area contributed by atoms with E-state index in [1.54, 1.807) is 6.20 Å². The SMILES string of the molecule is COC(=O)c1c2c(c(N(C)C)n3ccnc13)CCCN2c1ccccc1. The van der Waals surface area contributed by atoms with Crippen molar-refractivity contribution < 1.29 is 9.53 Å². The Hall–Kier alpha value is -3.02. The Morgan fingerprint density at radius 2 is 2.00 bits per heavy atom. The van der Waals surface area contributed by atoms with E-state index < -0.39 is 0 Å². The summed E-state index contributed by atoms with van der Waals surface area (Å²) in [5.41, 5.74) is 4.29. The van der Waals surface area contributed by atoms with Gasteiger partial charge in [-0.1, -0.05) is 18.2 Å². The summed E-state index contributed by atoms with van der Waals surface area (Å²) in [5.74, 6) is 0.700. The number of aromatic nitrogens is 2. The van der Waals surface area contributed by atoms with Crippen LogP contribution in [0, 0.1) is 0 Å². The van der Waals surface area contributed by atoms with Crippen LogP contribution in [0.15, 0.2) is 42.7 Å². The van der Waals surface area contributed by atoms with Crippen molar-refractivity contribution in [3.8, 4) is 0 Å². The van der Waals surface area contributed by atoms with E-state index >= 15 is 0 Å². The molecule has 0 saturated carbocycles. The zero-order valence-corrected chi connectivity index (χ0v) is 15.3. The van der Waals surface area contributed by atoms with Gasteiger partial charge in [-0.25, -0.2) is 9.78 Å². The third-order valence-electron chi connectivity index (χ3n) is 4.84. The Morgan fingerprint density at radius 3 is 2.69 bits per heavy atom. The summed E-state index contributed by atoms with van der Waals surface area (Å²) in [6.45, 7) is 0.852. The molecule has 0 radical (unpaired) electrons. The van der Waals surface area contributed by atoms with E-state index in [4.69, 9.17) is 4.74 Å². The maximum atomic E-state index is 12.7. The number of anilines is 3. The Balaban J connectivity index is 2.10. The minimum Gasteiger partial charge on any atom is -0.465 e. The maximum absolute atomic E-state index is 12.7. The molecule has 1 aliphatic rings. The lowest BCUT2D eigenvalue weighted by atomic mass is 9.97. The molecule has 0 spiro atoms. The molecule has 26 heavy (non-hydrogen) atoms. The third kappa shape index (κ3) is 2.41. The average molecular weight is 350 g/mol. The predicted octanol–water partition coefficient (Wildman–Crippen LogP) is 3.27. The van der Waals surface area contributed by atoms with Crippen LogP contribution in [-0.4, -0.2) is 43.1 Å². The monoisotopic (exact) mass is 350 g/mol. The number of rotatable bonds is 3. The fourth-order valence-electron chi connectivity index (χ4n) is 3.86. The number of esters is 1. The zero-order valence-electron chi connectivity index (χ0n) is 15.3. The topological polar surface area (TPSA) is 50.1 Å². The average Bonchev–Trinajstić information content (AvgIpc) is 3.14. The number of para-hydroxylation sites is 1. The van der Waals surface area contributed by atoms with Crippen LogP contribution in [0.5, 0.6) is 0 Å². The van der Waals surface area contributed by atoms with Crippen molar-refractivity contribution >= 4 is 28.8 Å². The first-order valence-corrected chi connectivity index (χ1v) is 8.73. The van der Waals surface area contributed by atoms with Crippen molar-refractivity contribution in [2.45, 2.75) is 12.8 Å².